The van der Waals surface area contributed by atoms with Gasteiger partial charge in [-0.25, -0.2) is 13.9 Å². The predicted molar refractivity (Wildman–Crippen MR) is 135 cm³/mol. The molecule has 0 unspecified atom stereocenters. The first-order valence-electron chi connectivity index (χ1n) is 11.7. The van der Waals surface area contributed by atoms with Crippen LogP contribution in [0.2, 0.25) is 0 Å². The van der Waals surface area contributed by atoms with Gasteiger partial charge in [0.25, 0.3) is 11.5 Å². The average molecular weight is 505 g/mol. The second-order valence-electron chi connectivity index (χ2n) is 8.70. The Morgan fingerprint density at radius 1 is 1.05 bits per heavy atom. The number of anilines is 1. The van der Waals surface area contributed by atoms with Crippen LogP contribution in [-0.2, 0) is 19.7 Å². The van der Waals surface area contributed by atoms with Crippen LogP contribution in [0.4, 0.5) is 15.0 Å². The van der Waals surface area contributed by atoms with E-state index in [1.807, 2.05) is 30.3 Å². The molecule has 1 aliphatic rings. The summed E-state index contributed by atoms with van der Waals surface area (Å²) in [6.45, 7) is 0.936. The third-order valence-electron chi connectivity index (χ3n) is 6.25. The van der Waals surface area contributed by atoms with E-state index >= 15 is 0 Å². The number of likely N-dealkylation sites (N-methyl/N-ethyl adjacent to an activating group) is 1. The molecular formula is C26H25FN6O4. The van der Waals surface area contributed by atoms with E-state index in [0.717, 1.165) is 5.56 Å². The summed E-state index contributed by atoms with van der Waals surface area (Å²) in [4.78, 5) is 41.0. The lowest BCUT2D eigenvalue weighted by Crippen LogP contribution is -2.37. The van der Waals surface area contributed by atoms with Crippen molar-refractivity contribution in [1.82, 2.24) is 24.6 Å². The maximum absolute atomic E-state index is 13.8. The van der Waals surface area contributed by atoms with E-state index in [4.69, 9.17) is 4.74 Å². The van der Waals surface area contributed by atoms with Gasteiger partial charge in [-0.05, 0) is 23.3 Å². The van der Waals surface area contributed by atoms with E-state index in [1.165, 1.54) is 23.9 Å². The van der Waals surface area contributed by atoms with Crippen LogP contribution in [0.5, 0.6) is 5.75 Å². The number of benzene rings is 2. The van der Waals surface area contributed by atoms with Gasteiger partial charge in [0.15, 0.2) is 17.3 Å². The summed E-state index contributed by atoms with van der Waals surface area (Å²) >= 11 is 0. The van der Waals surface area contributed by atoms with Crippen LogP contribution < -0.4 is 20.9 Å². The molecule has 0 spiro atoms. The molecule has 4 aromatic rings. The van der Waals surface area contributed by atoms with Crippen molar-refractivity contribution >= 4 is 28.7 Å². The zero-order valence-electron chi connectivity index (χ0n) is 20.3. The van der Waals surface area contributed by atoms with Crippen LogP contribution in [0, 0.1) is 5.82 Å². The Morgan fingerprint density at radius 2 is 1.78 bits per heavy atom. The van der Waals surface area contributed by atoms with E-state index in [2.05, 4.69) is 15.7 Å². The Kier molecular flexibility index (Phi) is 6.34. The Balaban J connectivity index is 1.73. The molecule has 0 saturated heterocycles. The van der Waals surface area contributed by atoms with Crippen LogP contribution in [0.1, 0.15) is 21.6 Å². The molecule has 0 fully saturated rings. The fourth-order valence-corrected chi connectivity index (χ4v) is 4.35. The van der Waals surface area contributed by atoms with Gasteiger partial charge in [0.05, 0.1) is 6.54 Å². The second kappa shape index (κ2) is 9.76. The minimum atomic E-state index is -0.540. The van der Waals surface area contributed by atoms with Crippen LogP contribution >= 0.6 is 0 Å². The van der Waals surface area contributed by atoms with Gasteiger partial charge in [-0.2, -0.15) is 0 Å². The number of fused-ring (bicyclic) bond motifs is 3. The molecule has 3 amide bonds. The average Bonchev–Trinajstić information content (AvgIpc) is 3.24. The topological polar surface area (TPSA) is 110 Å². The van der Waals surface area contributed by atoms with Crippen molar-refractivity contribution < 1.29 is 18.7 Å². The van der Waals surface area contributed by atoms with Gasteiger partial charge in [0.1, 0.15) is 23.3 Å². The summed E-state index contributed by atoms with van der Waals surface area (Å²) in [5.74, 6) is -0.471. The summed E-state index contributed by atoms with van der Waals surface area (Å²) in [6.07, 6.45) is 0. The highest BCUT2D eigenvalue weighted by Gasteiger charge is 2.34. The number of hydrogen-bond donors (Lipinski definition) is 2. The summed E-state index contributed by atoms with van der Waals surface area (Å²) in [7, 11) is 3.14. The standard InChI is InChI=1S/C26H25FN6O4/c1-28-26(36)29-23-20-19(24(34)33(30-23)14-16-8-10-18(27)11-9-16)22(37-15-17-6-4-3-5-7-17)21-25(35)31(2)12-13-32(20)21/h3-11H,12-15H2,1-2H3,(H2,28,29,30,36). The zero-order chi connectivity index (χ0) is 26.1. The highest BCUT2D eigenvalue weighted by atomic mass is 19.1. The molecule has 0 bridgehead atoms. The highest BCUT2D eigenvalue weighted by Crippen LogP contribution is 2.37. The minimum absolute atomic E-state index is 0.0178. The largest absolute Gasteiger partial charge is 0.486 e. The molecule has 5 rings (SSSR count). The molecule has 3 heterocycles. The lowest BCUT2D eigenvalue weighted by molar-refractivity contribution is 0.0744. The van der Waals surface area contributed by atoms with Gasteiger partial charge in [-0.1, -0.05) is 42.5 Å². The SMILES string of the molecule is CNC(=O)Nc1nn(Cc2ccc(F)cc2)c(=O)c2c(OCc3ccccc3)c3n(c12)CCN(C)C3=O. The van der Waals surface area contributed by atoms with Crippen molar-refractivity contribution in [1.29, 1.82) is 0 Å². The van der Waals surface area contributed by atoms with Gasteiger partial charge < -0.3 is 19.5 Å². The first kappa shape index (κ1) is 24.0. The van der Waals surface area contributed by atoms with Crippen molar-refractivity contribution in [3.63, 3.8) is 0 Å². The van der Waals surface area contributed by atoms with Crippen LogP contribution in [-0.4, -0.2) is 51.8 Å². The number of aromatic nitrogens is 3. The third-order valence-corrected chi connectivity index (χ3v) is 6.25. The fraction of sp³-hybridized carbons (Fsp3) is 0.231. The Bertz CT molecular complexity index is 1550. The van der Waals surface area contributed by atoms with Gasteiger partial charge in [-0.3, -0.25) is 14.9 Å². The fourth-order valence-electron chi connectivity index (χ4n) is 4.35. The molecule has 0 aliphatic carbocycles. The first-order valence-corrected chi connectivity index (χ1v) is 11.7. The van der Waals surface area contributed by atoms with Crippen molar-refractivity contribution in [2.75, 3.05) is 26.0 Å². The summed E-state index contributed by atoms with van der Waals surface area (Å²) < 4.78 is 22.5. The lowest BCUT2D eigenvalue weighted by Gasteiger charge is -2.25. The number of ether oxygens (including phenoxy) is 1. The smallest absolute Gasteiger partial charge is 0.320 e. The molecular weight excluding hydrogens is 479 g/mol. The quantitative estimate of drug-likeness (QED) is 0.420. The number of nitrogens with zero attached hydrogens (tertiary/aromatic N) is 4. The number of rotatable bonds is 6. The maximum Gasteiger partial charge on any atom is 0.320 e. The van der Waals surface area contributed by atoms with Crippen molar-refractivity contribution in [2.24, 2.45) is 0 Å². The first-order chi connectivity index (χ1) is 17.9. The number of urea groups is 1. The van der Waals surface area contributed by atoms with E-state index in [1.54, 1.807) is 28.6 Å². The van der Waals surface area contributed by atoms with Crippen LogP contribution in [0.15, 0.2) is 59.4 Å². The number of carbonyl (C=O) groups is 2. The summed E-state index contributed by atoms with van der Waals surface area (Å²) in [6, 6.07) is 14.5. The van der Waals surface area contributed by atoms with Gasteiger partial charge in [0.2, 0.25) is 0 Å². The second-order valence-corrected chi connectivity index (χ2v) is 8.70. The Morgan fingerprint density at radius 3 is 2.49 bits per heavy atom. The molecule has 37 heavy (non-hydrogen) atoms. The zero-order valence-corrected chi connectivity index (χ0v) is 20.3. The molecule has 0 atom stereocenters. The van der Waals surface area contributed by atoms with Gasteiger partial charge in [0, 0.05) is 27.2 Å². The summed E-state index contributed by atoms with van der Waals surface area (Å²) in [5.41, 5.74) is 1.52. The molecule has 0 saturated carbocycles. The Labute approximate surface area is 211 Å². The molecule has 190 valence electrons. The van der Waals surface area contributed by atoms with Crippen molar-refractivity contribution in [3.05, 3.63) is 87.6 Å². The van der Waals surface area contributed by atoms with E-state index < -0.39 is 17.4 Å². The molecule has 2 aromatic carbocycles. The van der Waals surface area contributed by atoms with Crippen LogP contribution in [0.3, 0.4) is 0 Å². The number of hydrogen-bond acceptors (Lipinski definition) is 5. The lowest BCUT2D eigenvalue weighted by atomic mass is 10.2. The molecule has 2 N–H and O–H groups in total. The minimum Gasteiger partial charge on any atom is -0.486 e. The molecule has 2 aromatic heterocycles. The van der Waals surface area contributed by atoms with E-state index in [0.29, 0.717) is 24.2 Å². The normalized spacial score (nSPS) is 12.9. The molecule has 11 heteroatoms. The predicted octanol–water partition coefficient (Wildman–Crippen LogP) is 2.80. The third kappa shape index (κ3) is 4.51. The van der Waals surface area contributed by atoms with Gasteiger partial charge >= 0.3 is 6.03 Å². The monoisotopic (exact) mass is 504 g/mol. The van der Waals surface area contributed by atoms with Crippen LogP contribution in [0.25, 0.3) is 10.9 Å². The van der Waals surface area contributed by atoms with E-state index in [-0.39, 0.29) is 41.7 Å². The number of halogens is 1. The maximum atomic E-state index is 13.8. The number of nitrogens with one attached hydrogen (secondary N) is 2. The Hall–Kier alpha value is -4.67. The summed E-state index contributed by atoms with van der Waals surface area (Å²) in [5, 5.41) is 9.73. The highest BCUT2D eigenvalue weighted by molar-refractivity contribution is 6.08. The van der Waals surface area contributed by atoms with Crippen molar-refractivity contribution in [3.8, 4) is 5.75 Å². The number of amides is 3. The van der Waals surface area contributed by atoms with E-state index in [9.17, 15) is 18.8 Å². The number of carbonyl (C=O) groups excluding carboxylic acids is 2. The van der Waals surface area contributed by atoms with Crippen molar-refractivity contribution in [2.45, 2.75) is 19.7 Å². The molecule has 1 aliphatic heterocycles. The molecule has 10 nitrogen and oxygen atoms in total. The molecule has 0 radical (unpaired) electrons. The van der Waals surface area contributed by atoms with Gasteiger partial charge in [-0.15, -0.1) is 5.10 Å².